The minimum absolute atomic E-state index is 0.0528. The fourth-order valence-electron chi connectivity index (χ4n) is 2.40. The maximum Gasteiger partial charge on any atom is 0.305 e. The van der Waals surface area contributed by atoms with E-state index in [9.17, 15) is 4.79 Å². The summed E-state index contributed by atoms with van der Waals surface area (Å²) in [4.78, 5) is 11.2. The highest BCUT2D eigenvalue weighted by Gasteiger charge is 2.34. The van der Waals surface area contributed by atoms with Gasteiger partial charge in [0, 0.05) is 6.42 Å². The maximum atomic E-state index is 11.2. The zero-order chi connectivity index (χ0) is 12.2. The highest BCUT2D eigenvalue weighted by Crippen LogP contribution is 2.45. The minimum Gasteiger partial charge on any atom is -0.466 e. The Bertz CT molecular complexity index is 276. The van der Waals surface area contributed by atoms with Gasteiger partial charge in [-0.1, -0.05) is 25.5 Å². The van der Waals surface area contributed by atoms with E-state index >= 15 is 0 Å². The quantitative estimate of drug-likeness (QED) is 0.525. The topological polar surface area (TPSA) is 26.3 Å². The molecule has 92 valence electrons. The lowest BCUT2D eigenvalue weighted by molar-refractivity contribution is -0.143. The van der Waals surface area contributed by atoms with E-state index in [2.05, 4.69) is 26.8 Å². The molecule has 0 aromatic rings. The molecule has 0 bridgehead atoms. The van der Waals surface area contributed by atoms with Gasteiger partial charge in [-0.2, -0.15) is 0 Å². The van der Waals surface area contributed by atoms with Gasteiger partial charge in [-0.15, -0.1) is 0 Å². The van der Waals surface area contributed by atoms with Crippen LogP contribution in [0.1, 0.15) is 53.4 Å². The van der Waals surface area contributed by atoms with Crippen molar-refractivity contribution in [1.29, 1.82) is 0 Å². The minimum atomic E-state index is -0.0528. The van der Waals surface area contributed by atoms with E-state index < -0.39 is 0 Å². The Morgan fingerprint density at radius 2 is 2.25 bits per heavy atom. The molecule has 1 aliphatic carbocycles. The predicted octanol–water partition coefficient (Wildman–Crippen LogP) is 3.71. The maximum absolute atomic E-state index is 11.2. The van der Waals surface area contributed by atoms with E-state index in [1.165, 1.54) is 12.0 Å². The Labute approximate surface area is 99.1 Å². The van der Waals surface area contributed by atoms with Crippen molar-refractivity contribution in [3.63, 3.8) is 0 Å². The SMILES string of the molecule is CCOC(=O)CCCC1CC=C(C)C1(C)C. The fourth-order valence-corrected chi connectivity index (χ4v) is 2.40. The van der Waals surface area contributed by atoms with Crippen molar-refractivity contribution in [2.75, 3.05) is 6.61 Å². The average molecular weight is 224 g/mol. The Hall–Kier alpha value is -0.790. The molecule has 0 aromatic heterocycles. The highest BCUT2D eigenvalue weighted by atomic mass is 16.5. The van der Waals surface area contributed by atoms with Gasteiger partial charge in [-0.3, -0.25) is 4.79 Å². The molecule has 2 nitrogen and oxygen atoms in total. The second-order valence-electron chi connectivity index (χ2n) is 5.24. The Balaban J connectivity index is 2.28. The molecule has 1 unspecified atom stereocenters. The number of esters is 1. The monoisotopic (exact) mass is 224 g/mol. The number of carbonyl (C=O) groups is 1. The second kappa shape index (κ2) is 5.51. The predicted molar refractivity (Wildman–Crippen MR) is 66.1 cm³/mol. The smallest absolute Gasteiger partial charge is 0.305 e. The van der Waals surface area contributed by atoms with Gasteiger partial charge in [-0.05, 0) is 44.4 Å². The molecular formula is C14H24O2. The number of rotatable bonds is 5. The second-order valence-corrected chi connectivity index (χ2v) is 5.24. The zero-order valence-electron chi connectivity index (χ0n) is 11.0. The van der Waals surface area contributed by atoms with Crippen molar-refractivity contribution in [3.8, 4) is 0 Å². The summed E-state index contributed by atoms with van der Waals surface area (Å²) >= 11 is 0. The molecular weight excluding hydrogens is 200 g/mol. The number of carbonyl (C=O) groups excluding carboxylic acids is 1. The average Bonchev–Trinajstić information content (AvgIpc) is 2.45. The third-order valence-corrected chi connectivity index (χ3v) is 3.98. The van der Waals surface area contributed by atoms with Crippen molar-refractivity contribution in [2.45, 2.75) is 53.4 Å². The first-order valence-electron chi connectivity index (χ1n) is 6.31. The van der Waals surface area contributed by atoms with Crippen molar-refractivity contribution < 1.29 is 9.53 Å². The summed E-state index contributed by atoms with van der Waals surface area (Å²) in [7, 11) is 0. The fraction of sp³-hybridized carbons (Fsp3) is 0.786. The summed E-state index contributed by atoms with van der Waals surface area (Å²) in [6.07, 6.45) is 6.16. The van der Waals surface area contributed by atoms with Crippen LogP contribution in [0, 0.1) is 11.3 Å². The summed E-state index contributed by atoms with van der Waals surface area (Å²) in [5.41, 5.74) is 1.81. The molecule has 0 spiro atoms. The molecule has 0 aromatic carbocycles. The van der Waals surface area contributed by atoms with Gasteiger partial charge >= 0.3 is 5.97 Å². The molecule has 0 aliphatic heterocycles. The van der Waals surface area contributed by atoms with Gasteiger partial charge in [0.15, 0.2) is 0 Å². The first kappa shape index (κ1) is 13.3. The van der Waals surface area contributed by atoms with E-state index in [4.69, 9.17) is 4.74 Å². The van der Waals surface area contributed by atoms with Gasteiger partial charge < -0.3 is 4.74 Å². The number of hydrogen-bond donors (Lipinski definition) is 0. The van der Waals surface area contributed by atoms with Crippen molar-refractivity contribution in [1.82, 2.24) is 0 Å². The molecule has 0 radical (unpaired) electrons. The van der Waals surface area contributed by atoms with Gasteiger partial charge in [0.25, 0.3) is 0 Å². The molecule has 1 atom stereocenters. The molecule has 1 aliphatic rings. The number of ether oxygens (including phenoxy) is 1. The highest BCUT2D eigenvalue weighted by molar-refractivity contribution is 5.69. The lowest BCUT2D eigenvalue weighted by atomic mass is 9.75. The molecule has 0 fully saturated rings. The van der Waals surface area contributed by atoms with Crippen molar-refractivity contribution in [3.05, 3.63) is 11.6 Å². The van der Waals surface area contributed by atoms with Gasteiger partial charge in [-0.25, -0.2) is 0 Å². The van der Waals surface area contributed by atoms with Gasteiger partial charge in [0.05, 0.1) is 6.61 Å². The van der Waals surface area contributed by atoms with E-state index in [-0.39, 0.29) is 5.97 Å². The van der Waals surface area contributed by atoms with Gasteiger partial charge in [0.2, 0.25) is 0 Å². The molecule has 1 rings (SSSR count). The third kappa shape index (κ3) is 3.10. The molecule has 0 N–H and O–H groups in total. The zero-order valence-corrected chi connectivity index (χ0v) is 11.0. The van der Waals surface area contributed by atoms with Crippen LogP contribution in [0.4, 0.5) is 0 Å². The molecule has 0 amide bonds. The van der Waals surface area contributed by atoms with Crippen LogP contribution >= 0.6 is 0 Å². The Kier molecular flexibility index (Phi) is 4.57. The molecule has 0 heterocycles. The van der Waals surface area contributed by atoms with Crippen LogP contribution in [0.2, 0.25) is 0 Å². The lowest BCUT2D eigenvalue weighted by Crippen LogP contribution is -2.20. The van der Waals surface area contributed by atoms with E-state index in [1.807, 2.05) is 6.92 Å². The summed E-state index contributed by atoms with van der Waals surface area (Å²) in [5, 5.41) is 0. The van der Waals surface area contributed by atoms with Crippen molar-refractivity contribution in [2.24, 2.45) is 11.3 Å². The third-order valence-electron chi connectivity index (χ3n) is 3.98. The Morgan fingerprint density at radius 3 is 2.75 bits per heavy atom. The lowest BCUT2D eigenvalue weighted by Gasteiger charge is -2.29. The van der Waals surface area contributed by atoms with Crippen LogP contribution in [-0.2, 0) is 9.53 Å². The first-order valence-corrected chi connectivity index (χ1v) is 6.31. The van der Waals surface area contributed by atoms with Crippen LogP contribution in [0.15, 0.2) is 11.6 Å². The first-order chi connectivity index (χ1) is 7.48. The summed E-state index contributed by atoms with van der Waals surface area (Å²) < 4.78 is 4.93. The number of hydrogen-bond acceptors (Lipinski definition) is 2. The van der Waals surface area contributed by atoms with Gasteiger partial charge in [0.1, 0.15) is 0 Å². The van der Waals surface area contributed by atoms with Crippen molar-refractivity contribution >= 4 is 5.97 Å². The normalized spacial score (nSPS) is 23.0. The number of allylic oxidation sites excluding steroid dienone is 2. The molecule has 2 heteroatoms. The summed E-state index contributed by atoms with van der Waals surface area (Å²) in [6.45, 7) is 9.17. The Morgan fingerprint density at radius 1 is 1.56 bits per heavy atom. The van der Waals surface area contributed by atoms with Crippen LogP contribution in [0.5, 0.6) is 0 Å². The van der Waals surface area contributed by atoms with Crippen LogP contribution < -0.4 is 0 Å². The van der Waals surface area contributed by atoms with E-state index in [0.29, 0.717) is 24.4 Å². The van der Waals surface area contributed by atoms with Crippen LogP contribution in [0.25, 0.3) is 0 Å². The molecule has 0 saturated carbocycles. The van der Waals surface area contributed by atoms with E-state index in [1.54, 1.807) is 0 Å². The summed E-state index contributed by atoms with van der Waals surface area (Å²) in [6, 6.07) is 0. The largest absolute Gasteiger partial charge is 0.466 e. The van der Waals surface area contributed by atoms with E-state index in [0.717, 1.165) is 12.8 Å². The van der Waals surface area contributed by atoms with Crippen LogP contribution in [0.3, 0.4) is 0 Å². The summed E-state index contributed by atoms with van der Waals surface area (Å²) in [5.74, 6) is 0.643. The molecule has 16 heavy (non-hydrogen) atoms. The standard InChI is InChI=1S/C14H24O2/c1-5-16-13(15)8-6-7-12-10-9-11(2)14(12,3)4/h9,12H,5-8,10H2,1-4H3. The van der Waals surface area contributed by atoms with Crippen LogP contribution in [-0.4, -0.2) is 12.6 Å². The molecule has 0 saturated heterocycles.